The van der Waals surface area contributed by atoms with E-state index in [2.05, 4.69) is 15.3 Å². The van der Waals surface area contributed by atoms with Crippen LogP contribution in [0.4, 0.5) is 5.82 Å². The Morgan fingerprint density at radius 1 is 1.48 bits per heavy atom. The molecule has 1 atom stereocenters. The molecule has 1 aliphatic heterocycles. The molecule has 1 unspecified atom stereocenters. The molecule has 3 N–H and O–H groups in total. The number of hydrazine groups is 1. The number of likely N-dealkylation sites (N-methyl/N-ethyl adjacent to an activating group) is 1. The molecular weight excluding hydrogens is 314 g/mol. The van der Waals surface area contributed by atoms with Gasteiger partial charge in [0.1, 0.15) is 4.90 Å². The van der Waals surface area contributed by atoms with Gasteiger partial charge in [0.2, 0.25) is 10.0 Å². The molecule has 1 aliphatic rings. The number of hydrogen-bond donors (Lipinski definition) is 2. The maximum atomic E-state index is 12.8. The largest absolute Gasteiger partial charge is 0.307 e. The van der Waals surface area contributed by atoms with Gasteiger partial charge in [-0.15, -0.1) is 0 Å². The van der Waals surface area contributed by atoms with Crippen LogP contribution in [0.15, 0.2) is 17.2 Å². The third-order valence-corrected chi connectivity index (χ3v) is 5.81. The average Bonchev–Trinajstić information content (AvgIpc) is 2.59. The molecule has 0 saturated carbocycles. The van der Waals surface area contributed by atoms with Crippen LogP contribution in [-0.4, -0.2) is 55.3 Å². The number of rotatable bonds is 3. The van der Waals surface area contributed by atoms with Crippen LogP contribution in [0.25, 0.3) is 0 Å². The van der Waals surface area contributed by atoms with Gasteiger partial charge in [-0.25, -0.2) is 19.2 Å². The minimum absolute atomic E-state index is 0.0860. The predicted molar refractivity (Wildman–Crippen MR) is 82.5 cm³/mol. The molecule has 1 saturated heterocycles. The second-order valence-electron chi connectivity index (χ2n) is 5.23. The van der Waals surface area contributed by atoms with Gasteiger partial charge in [0.15, 0.2) is 5.82 Å². The van der Waals surface area contributed by atoms with Gasteiger partial charge in [0, 0.05) is 25.3 Å². The third-order valence-electron chi connectivity index (χ3n) is 3.55. The summed E-state index contributed by atoms with van der Waals surface area (Å²) in [6, 6.07) is 1.27. The highest BCUT2D eigenvalue weighted by molar-refractivity contribution is 7.89. The zero-order valence-corrected chi connectivity index (χ0v) is 13.7. The topological polar surface area (TPSA) is 91.6 Å². The maximum absolute atomic E-state index is 12.8. The molecule has 0 radical (unpaired) electrons. The molecule has 0 aromatic carbocycles. The molecule has 0 amide bonds. The monoisotopic (exact) mass is 333 g/mol. The van der Waals surface area contributed by atoms with Gasteiger partial charge in [0.25, 0.3) is 0 Å². The van der Waals surface area contributed by atoms with Crippen molar-refractivity contribution in [3.8, 4) is 0 Å². The van der Waals surface area contributed by atoms with Crippen molar-refractivity contribution in [2.75, 3.05) is 32.1 Å². The van der Waals surface area contributed by atoms with Gasteiger partial charge in [0.05, 0.1) is 5.02 Å². The van der Waals surface area contributed by atoms with Crippen molar-refractivity contribution in [2.45, 2.75) is 24.3 Å². The summed E-state index contributed by atoms with van der Waals surface area (Å²) in [6.45, 7) is 3.97. The molecule has 7 nitrogen and oxygen atoms in total. The zero-order valence-electron chi connectivity index (χ0n) is 12.1. The zero-order chi connectivity index (χ0) is 15.6. The molecule has 1 aromatic rings. The van der Waals surface area contributed by atoms with E-state index in [0.29, 0.717) is 13.1 Å². The predicted octanol–water partition coefficient (Wildman–Crippen LogP) is 0.735. The first-order valence-corrected chi connectivity index (χ1v) is 8.50. The van der Waals surface area contributed by atoms with Crippen molar-refractivity contribution in [2.24, 2.45) is 5.84 Å². The molecule has 1 aromatic heterocycles. The van der Waals surface area contributed by atoms with E-state index in [1.54, 1.807) is 0 Å². The number of sulfonamides is 1. The van der Waals surface area contributed by atoms with Crippen molar-refractivity contribution in [1.29, 1.82) is 0 Å². The van der Waals surface area contributed by atoms with Crippen LogP contribution < -0.4 is 11.3 Å². The highest BCUT2D eigenvalue weighted by atomic mass is 35.5. The normalized spacial score (nSPS) is 22.0. The summed E-state index contributed by atoms with van der Waals surface area (Å²) < 4.78 is 27.0. The van der Waals surface area contributed by atoms with Crippen molar-refractivity contribution in [3.63, 3.8) is 0 Å². The number of anilines is 1. The van der Waals surface area contributed by atoms with Crippen LogP contribution >= 0.6 is 11.6 Å². The molecule has 1 fully saturated rings. The lowest BCUT2D eigenvalue weighted by Gasteiger charge is -2.27. The van der Waals surface area contributed by atoms with E-state index in [0.717, 1.165) is 13.0 Å². The molecule has 2 heterocycles. The van der Waals surface area contributed by atoms with Crippen LogP contribution in [-0.2, 0) is 10.0 Å². The highest BCUT2D eigenvalue weighted by Crippen LogP contribution is 2.25. The average molecular weight is 334 g/mol. The number of nitrogen functional groups attached to an aromatic ring is 1. The fourth-order valence-electron chi connectivity index (χ4n) is 2.51. The molecular formula is C12H20ClN5O2S. The molecule has 0 bridgehead atoms. The molecule has 21 heavy (non-hydrogen) atoms. The van der Waals surface area contributed by atoms with Crippen molar-refractivity contribution < 1.29 is 8.42 Å². The number of nitrogens with two attached hydrogens (primary N) is 1. The van der Waals surface area contributed by atoms with E-state index in [9.17, 15) is 8.42 Å². The first kappa shape index (κ1) is 16.4. The van der Waals surface area contributed by atoms with Crippen LogP contribution in [0.1, 0.15) is 13.3 Å². The van der Waals surface area contributed by atoms with Gasteiger partial charge in [-0.05, 0) is 33.0 Å². The Balaban J connectivity index is 2.34. The first-order chi connectivity index (χ1) is 9.86. The van der Waals surface area contributed by atoms with Crippen LogP contribution in [0.2, 0.25) is 5.02 Å². The van der Waals surface area contributed by atoms with E-state index in [-0.39, 0.29) is 21.8 Å². The van der Waals surface area contributed by atoms with Gasteiger partial charge < -0.3 is 10.3 Å². The Kier molecular flexibility index (Phi) is 5.05. The number of pyridine rings is 1. The summed E-state index contributed by atoms with van der Waals surface area (Å²) >= 11 is 5.97. The van der Waals surface area contributed by atoms with Gasteiger partial charge in [-0.2, -0.15) is 4.31 Å². The van der Waals surface area contributed by atoms with Crippen molar-refractivity contribution in [3.05, 3.63) is 17.3 Å². The number of aromatic nitrogens is 1. The number of nitrogens with one attached hydrogen (secondary N) is 1. The Bertz CT molecular complexity index is 610. The molecule has 9 heteroatoms. The summed E-state index contributed by atoms with van der Waals surface area (Å²) in [5.74, 6) is 5.50. The summed E-state index contributed by atoms with van der Waals surface area (Å²) in [5, 5.41) is 0.179. The summed E-state index contributed by atoms with van der Waals surface area (Å²) in [4.78, 5) is 6.15. The fraction of sp³-hybridized carbons (Fsp3) is 0.583. The van der Waals surface area contributed by atoms with Gasteiger partial charge in [-0.3, -0.25) is 0 Å². The second-order valence-corrected chi connectivity index (χ2v) is 7.52. The Labute approximate surface area is 130 Å². The van der Waals surface area contributed by atoms with E-state index in [1.807, 2.05) is 14.0 Å². The summed E-state index contributed by atoms with van der Waals surface area (Å²) in [7, 11) is -1.62. The number of nitrogens with zero attached hydrogens (tertiary/aromatic N) is 3. The smallest absolute Gasteiger partial charge is 0.244 e. The van der Waals surface area contributed by atoms with Crippen molar-refractivity contribution >= 4 is 27.4 Å². The van der Waals surface area contributed by atoms with E-state index in [1.165, 1.54) is 16.6 Å². The van der Waals surface area contributed by atoms with E-state index < -0.39 is 10.0 Å². The van der Waals surface area contributed by atoms with Crippen LogP contribution in [0.5, 0.6) is 0 Å². The molecule has 2 rings (SSSR count). The minimum Gasteiger partial charge on any atom is -0.307 e. The van der Waals surface area contributed by atoms with Gasteiger partial charge in [-0.1, -0.05) is 11.6 Å². The standard InChI is InChI=1S/C12H20ClN5O2S/c1-9-8-17(2)4-3-5-18(9)21(19,20)10-6-11(13)12(16-14)15-7-10/h6-7,9H,3-5,8,14H2,1-2H3,(H,15,16). The minimum atomic E-state index is -3.61. The van der Waals surface area contributed by atoms with Gasteiger partial charge >= 0.3 is 0 Å². The first-order valence-electron chi connectivity index (χ1n) is 6.69. The number of halogens is 1. The van der Waals surface area contributed by atoms with Crippen molar-refractivity contribution in [1.82, 2.24) is 14.2 Å². The maximum Gasteiger partial charge on any atom is 0.244 e. The third kappa shape index (κ3) is 3.46. The molecule has 118 valence electrons. The lowest BCUT2D eigenvalue weighted by molar-refractivity contribution is 0.290. The lowest BCUT2D eigenvalue weighted by atomic mass is 10.3. The summed E-state index contributed by atoms with van der Waals surface area (Å²) in [5.41, 5.74) is 2.32. The van der Waals surface area contributed by atoms with E-state index >= 15 is 0 Å². The Hall–Kier alpha value is -0.930. The lowest BCUT2D eigenvalue weighted by Crippen LogP contribution is -2.41. The SMILES string of the molecule is CC1CN(C)CCCN1S(=O)(=O)c1cnc(NN)c(Cl)c1. The van der Waals surface area contributed by atoms with E-state index in [4.69, 9.17) is 17.4 Å². The van der Waals surface area contributed by atoms with Crippen LogP contribution in [0, 0.1) is 0 Å². The summed E-state index contributed by atoms with van der Waals surface area (Å²) in [6.07, 6.45) is 2.07. The Morgan fingerprint density at radius 3 is 2.81 bits per heavy atom. The number of hydrogen-bond acceptors (Lipinski definition) is 6. The molecule has 0 spiro atoms. The highest BCUT2D eigenvalue weighted by Gasteiger charge is 2.31. The quantitative estimate of drug-likeness (QED) is 0.626. The molecule has 0 aliphatic carbocycles. The second kappa shape index (κ2) is 6.45. The fourth-order valence-corrected chi connectivity index (χ4v) is 4.43. The van der Waals surface area contributed by atoms with Crippen LogP contribution in [0.3, 0.4) is 0 Å². The Morgan fingerprint density at radius 2 is 2.19 bits per heavy atom.